The molecule has 19 heavy (non-hydrogen) atoms. The molecule has 0 aromatic heterocycles. The molecule has 0 aliphatic heterocycles. The van der Waals surface area contributed by atoms with Gasteiger partial charge in [0.05, 0.1) is 0 Å². The van der Waals surface area contributed by atoms with Crippen molar-refractivity contribution in [1.29, 1.82) is 0 Å². The van der Waals surface area contributed by atoms with Crippen molar-refractivity contribution in [2.75, 3.05) is 0 Å². The van der Waals surface area contributed by atoms with Gasteiger partial charge < -0.3 is 39.8 Å². The second-order valence-corrected chi connectivity index (χ2v) is 37.7. The first-order valence-corrected chi connectivity index (χ1v) is 24.9. The smallest absolute Gasteiger partial charge is 0.532 e. The average Bonchev–Trinajstić information content (AvgIpc) is 2.42. The van der Waals surface area contributed by atoms with Gasteiger partial charge in [0.25, 0.3) is 8.56 Å². The Morgan fingerprint density at radius 1 is 0.842 bits per heavy atom. The van der Waals surface area contributed by atoms with E-state index in [4.69, 9.17) is 4.12 Å². The summed E-state index contributed by atoms with van der Waals surface area (Å²) in [5.74, 6) is 0. The van der Waals surface area contributed by atoms with Crippen molar-refractivity contribution in [1.82, 2.24) is 0 Å². The molecule has 0 heterocycles. The second kappa shape index (κ2) is 9.15. The molecule has 0 rings (SSSR count). The molecule has 9 nitrogen and oxygen atoms in total. The van der Waals surface area contributed by atoms with Crippen LogP contribution in [0, 0.1) is 0 Å². The van der Waals surface area contributed by atoms with Crippen LogP contribution in [0.5, 0.6) is 0 Å². The van der Waals surface area contributed by atoms with Gasteiger partial charge in [-0.25, -0.2) is 0 Å². The van der Waals surface area contributed by atoms with Gasteiger partial charge in [-0.15, -0.1) is 0 Å². The second-order valence-electron chi connectivity index (χ2n) is 3.03. The minimum atomic E-state index is -3.30. The zero-order valence-corrected chi connectivity index (χ0v) is 18.9. The molecule has 100 valence electrons. The normalized spacial score (nSPS) is 10.8. The van der Waals surface area contributed by atoms with Crippen molar-refractivity contribution in [3.05, 3.63) is 0 Å². The molecule has 0 spiro atoms. The fraction of sp³-hybridized carbons (Fsp3) is 1.00. The lowest BCUT2D eigenvalue weighted by Gasteiger charge is -2.05. The molecule has 1 atom stereocenters. The van der Waals surface area contributed by atoms with Crippen LogP contribution in [0.25, 0.3) is 0 Å². The summed E-state index contributed by atoms with van der Waals surface area (Å²) in [6.07, 6.45) is 0. The number of rotatable bonds is 9. The summed E-state index contributed by atoms with van der Waals surface area (Å²) in [4.78, 5) is 0. The van der Waals surface area contributed by atoms with Gasteiger partial charge in [-0.05, 0) is 6.55 Å². The summed E-state index contributed by atoms with van der Waals surface area (Å²) in [5.41, 5.74) is 0. The Kier molecular flexibility index (Phi) is 9.23. The zero-order valence-electron chi connectivity index (χ0n) is 9.41. The van der Waals surface area contributed by atoms with Gasteiger partial charge in [0.1, 0.15) is 0 Å². The van der Waals surface area contributed by atoms with E-state index in [9.17, 15) is 35.7 Å². The van der Waals surface area contributed by atoms with Gasteiger partial charge in [0, 0.05) is 0 Å². The van der Waals surface area contributed by atoms with E-state index in [1.54, 1.807) is 0 Å². The third-order valence-corrected chi connectivity index (χ3v) is 46.9. The Morgan fingerprint density at radius 2 is 1.32 bits per heavy atom. The highest BCUT2D eigenvalue weighted by Gasteiger charge is 2.42. The Bertz CT molecular complexity index is 504. The van der Waals surface area contributed by atoms with Crippen LogP contribution in [0.3, 0.4) is 0 Å². The van der Waals surface area contributed by atoms with Gasteiger partial charge in [-0.2, -0.15) is 0 Å². The molecule has 18 heteroatoms. The van der Waals surface area contributed by atoms with E-state index in [2.05, 4.69) is 0 Å². The van der Waals surface area contributed by atoms with Crippen molar-refractivity contribution in [3.8, 4) is 0 Å². The molecule has 0 bridgehead atoms. The Balaban J connectivity index is 4.75. The van der Waals surface area contributed by atoms with Crippen LogP contribution in [0.15, 0.2) is 0 Å². The minimum Gasteiger partial charge on any atom is -0.577 e. The molecule has 0 saturated carbocycles. The lowest BCUT2D eigenvalue weighted by molar-refractivity contribution is 0.472. The summed E-state index contributed by atoms with van der Waals surface area (Å²) in [6, 6.07) is 0. The first-order valence-electron chi connectivity index (χ1n) is 4.58. The van der Waals surface area contributed by atoms with Crippen LogP contribution >= 0.6 is 0 Å². The van der Waals surface area contributed by atoms with Crippen LogP contribution in [-0.4, -0.2) is 73.4 Å². The quantitative estimate of drug-likeness (QED) is 0.340. The van der Waals surface area contributed by atoms with Crippen molar-refractivity contribution >= 4 is 73.4 Å². The van der Waals surface area contributed by atoms with Crippen molar-refractivity contribution < 1.29 is 39.8 Å². The predicted molar refractivity (Wildman–Crippen MR) is 68.4 cm³/mol. The summed E-state index contributed by atoms with van der Waals surface area (Å²) in [6.45, 7) is 1.30. The first kappa shape index (κ1) is 19.2. The molecule has 0 aromatic rings. The molecule has 0 aromatic carbocycles. The van der Waals surface area contributed by atoms with E-state index >= 15 is 0 Å². The van der Waals surface area contributed by atoms with Gasteiger partial charge in [0.15, 0.2) is 0 Å². The zero-order chi connectivity index (χ0) is 15.2. The predicted octanol–water partition coefficient (Wildman–Crippen LogP) is -4.67. The maximum atomic E-state index is 11.5. The highest BCUT2D eigenvalue weighted by atomic mass is 29.9. The fourth-order valence-corrected chi connectivity index (χ4v) is 48.4. The van der Waals surface area contributed by atoms with Crippen LogP contribution in [-0.2, 0) is 39.8 Å². The van der Waals surface area contributed by atoms with Gasteiger partial charge in [0.2, 0.25) is 0 Å². The van der Waals surface area contributed by atoms with Crippen LogP contribution in [0.4, 0.5) is 0 Å². The summed E-state index contributed by atoms with van der Waals surface area (Å²) < 4.78 is 93.4. The van der Waals surface area contributed by atoms with E-state index in [-0.39, 0.29) is 0 Å². The molecule has 0 saturated heterocycles. The third kappa shape index (κ3) is 5.98. The van der Waals surface area contributed by atoms with E-state index in [1.165, 1.54) is 6.55 Å². The average molecular weight is 415 g/mol. The SMILES string of the molecule is C[SiH](O[Si](=O)[Si](=O)[Si](=O)[Si](=O)[SiH]=O)[Si](=O)[Si](=O)[SiH]=O. The van der Waals surface area contributed by atoms with E-state index < -0.39 is 73.4 Å². The number of hydrogen-bond acceptors (Lipinski definition) is 9. The van der Waals surface area contributed by atoms with Crippen LogP contribution in [0.1, 0.15) is 0 Å². The van der Waals surface area contributed by atoms with Crippen molar-refractivity contribution in [2.45, 2.75) is 6.55 Å². The van der Waals surface area contributed by atoms with E-state index in [0.29, 0.717) is 0 Å². The van der Waals surface area contributed by atoms with Crippen LogP contribution < -0.4 is 0 Å². The molecule has 0 radical (unpaired) electrons. The maximum absolute atomic E-state index is 11.5. The van der Waals surface area contributed by atoms with Crippen LogP contribution in [0.2, 0.25) is 6.55 Å². The monoisotopic (exact) mass is 414 g/mol. The summed E-state index contributed by atoms with van der Waals surface area (Å²) in [5, 5.41) is 0. The van der Waals surface area contributed by atoms with Crippen molar-refractivity contribution in [3.63, 3.8) is 0 Å². The third-order valence-electron chi connectivity index (χ3n) is 1.73. The topological polar surface area (TPSA) is 146 Å². The lowest BCUT2D eigenvalue weighted by Crippen LogP contribution is -2.46. The van der Waals surface area contributed by atoms with Gasteiger partial charge in [-0.1, -0.05) is 0 Å². The van der Waals surface area contributed by atoms with E-state index in [0.717, 1.165) is 0 Å². The Labute approximate surface area is 119 Å². The largest absolute Gasteiger partial charge is 0.577 e. The highest BCUT2D eigenvalue weighted by Crippen LogP contribution is 1.88. The molecular formula is CH6O9Si9. The molecule has 0 aliphatic rings. The molecular weight excluding hydrogens is 409 g/mol. The Hall–Kier alpha value is 0.152. The highest BCUT2D eigenvalue weighted by molar-refractivity contribution is 7.59. The summed E-state index contributed by atoms with van der Waals surface area (Å²) >= 11 is 0. The Morgan fingerprint density at radius 3 is 1.74 bits per heavy atom. The molecule has 0 amide bonds. The van der Waals surface area contributed by atoms with E-state index in [1.807, 2.05) is 0 Å². The molecule has 0 fully saturated rings. The standard InChI is InChI=1S/CH6O9Si9/c1-13(17(7)15(5)11-2)10-14(4)18(8)19(9)16(6)12-3/h11-13H,1H3. The number of hydrogen-bond donors (Lipinski definition) is 0. The first-order chi connectivity index (χ1) is 8.76. The fourth-order valence-electron chi connectivity index (χ4n) is 0.784. The maximum Gasteiger partial charge on any atom is 0.532 e. The molecule has 0 aliphatic carbocycles. The molecule has 1 unspecified atom stereocenters. The van der Waals surface area contributed by atoms with Gasteiger partial charge >= 0.3 is 64.9 Å². The summed E-state index contributed by atoms with van der Waals surface area (Å²) in [7, 11) is -24.5. The van der Waals surface area contributed by atoms with Gasteiger partial charge in [-0.3, -0.25) is 0 Å². The lowest BCUT2D eigenvalue weighted by atomic mass is 11.9. The van der Waals surface area contributed by atoms with Crippen molar-refractivity contribution in [2.24, 2.45) is 0 Å². The molecule has 0 N–H and O–H groups in total. The minimum absolute atomic E-state index is 1.30.